The van der Waals surface area contributed by atoms with Gasteiger partial charge < -0.3 is 20.3 Å². The van der Waals surface area contributed by atoms with Crippen molar-refractivity contribution in [2.24, 2.45) is 11.7 Å². The molecule has 1 saturated heterocycles. The third-order valence-corrected chi connectivity index (χ3v) is 5.27. The molecule has 1 aliphatic rings. The number of aromatic nitrogens is 4. The molecule has 2 aromatic heterocycles. The molecule has 33 heavy (non-hydrogen) atoms. The Kier molecular flexibility index (Phi) is 8.22. The molecule has 0 atom stereocenters. The van der Waals surface area contributed by atoms with Gasteiger partial charge in [-0.3, -0.25) is 9.48 Å². The van der Waals surface area contributed by atoms with E-state index in [0.29, 0.717) is 23.7 Å². The number of nitrogens with two attached hydrogens (primary N) is 1. The number of nitrogens with zero attached hydrogens (tertiary/aromatic N) is 5. The van der Waals surface area contributed by atoms with Gasteiger partial charge in [0, 0.05) is 19.6 Å². The van der Waals surface area contributed by atoms with Crippen LogP contribution in [0.2, 0.25) is 0 Å². The van der Waals surface area contributed by atoms with Crippen LogP contribution in [0.3, 0.4) is 0 Å². The van der Waals surface area contributed by atoms with Gasteiger partial charge in [0.15, 0.2) is 0 Å². The molecule has 184 valence electrons. The van der Waals surface area contributed by atoms with Crippen LogP contribution in [0.25, 0.3) is 0 Å². The second-order valence-electron chi connectivity index (χ2n) is 8.50. The van der Waals surface area contributed by atoms with Crippen LogP contribution in [-0.4, -0.2) is 61.3 Å². The third-order valence-electron chi connectivity index (χ3n) is 5.27. The topological polar surface area (TPSA) is 140 Å². The highest BCUT2D eigenvalue weighted by molar-refractivity contribution is 5.96. The summed E-state index contributed by atoms with van der Waals surface area (Å²) in [4.78, 5) is 23.6. The molecule has 0 spiro atoms. The Morgan fingerprint density at radius 3 is 2.30 bits per heavy atom. The Labute approximate surface area is 188 Å². The molecule has 1 fully saturated rings. The van der Waals surface area contributed by atoms with Crippen molar-refractivity contribution in [3.8, 4) is 0 Å². The van der Waals surface area contributed by atoms with Gasteiger partial charge in [-0.1, -0.05) is 17.3 Å². The Morgan fingerprint density at radius 1 is 1.27 bits per heavy atom. The number of hydrogen-bond donors (Lipinski definition) is 2. The van der Waals surface area contributed by atoms with Crippen LogP contribution >= 0.6 is 0 Å². The summed E-state index contributed by atoms with van der Waals surface area (Å²) in [5.41, 5.74) is 7.75. The Morgan fingerprint density at radius 2 is 1.85 bits per heavy atom. The number of carboxylic acid groups (broad SMARTS) is 1. The quantitative estimate of drug-likeness (QED) is 0.674. The van der Waals surface area contributed by atoms with E-state index in [9.17, 15) is 18.0 Å². The van der Waals surface area contributed by atoms with E-state index >= 15 is 0 Å². The minimum absolute atomic E-state index is 0.0342. The van der Waals surface area contributed by atoms with E-state index in [4.69, 9.17) is 20.2 Å². The average molecular weight is 474 g/mol. The maximum absolute atomic E-state index is 12.8. The van der Waals surface area contributed by atoms with E-state index in [2.05, 4.69) is 15.5 Å². The molecule has 13 heteroatoms. The number of rotatable bonds is 5. The number of halogens is 3. The highest BCUT2D eigenvalue weighted by atomic mass is 19.4. The third kappa shape index (κ3) is 7.01. The standard InChI is InChI=1S/C18H28N6O2.C2HF3O2/c1-5-14-16(12(2)26-21-14)17(25)23-8-6-13(7-9-23)10-24-11-15(20-22-24)18(3,4)19;3-2(4,5)1(6)7/h11,13H,5-10,19H2,1-4H3;(H,6,7). The fourth-order valence-electron chi connectivity index (χ4n) is 3.36. The minimum atomic E-state index is -5.08. The predicted molar refractivity (Wildman–Crippen MR) is 110 cm³/mol. The smallest absolute Gasteiger partial charge is 0.475 e. The normalized spacial score (nSPS) is 15.2. The lowest BCUT2D eigenvalue weighted by Crippen LogP contribution is -2.39. The first kappa shape index (κ1) is 26.3. The number of aryl methyl sites for hydroxylation is 2. The lowest BCUT2D eigenvalue weighted by atomic mass is 9.96. The van der Waals surface area contributed by atoms with Crippen molar-refractivity contribution in [2.45, 2.75) is 65.2 Å². The highest BCUT2D eigenvalue weighted by Gasteiger charge is 2.38. The number of aliphatic carboxylic acids is 1. The van der Waals surface area contributed by atoms with Crippen molar-refractivity contribution in [1.82, 2.24) is 25.1 Å². The summed E-state index contributed by atoms with van der Waals surface area (Å²) < 4.78 is 38.8. The van der Waals surface area contributed by atoms with Crippen LogP contribution in [-0.2, 0) is 23.3 Å². The van der Waals surface area contributed by atoms with Crippen LogP contribution in [0.4, 0.5) is 13.2 Å². The number of alkyl halides is 3. The molecular formula is C20H29F3N6O4. The van der Waals surface area contributed by atoms with Crippen molar-refractivity contribution in [2.75, 3.05) is 13.1 Å². The van der Waals surface area contributed by atoms with Crippen LogP contribution in [0, 0.1) is 12.8 Å². The van der Waals surface area contributed by atoms with Crippen molar-refractivity contribution in [1.29, 1.82) is 0 Å². The van der Waals surface area contributed by atoms with Gasteiger partial charge in [-0.2, -0.15) is 13.2 Å². The number of likely N-dealkylation sites (tertiary alicyclic amines) is 1. The first-order chi connectivity index (χ1) is 15.2. The zero-order chi connectivity index (χ0) is 25.0. The molecule has 1 aliphatic heterocycles. The van der Waals surface area contributed by atoms with Crippen molar-refractivity contribution < 1.29 is 32.4 Å². The Hall–Kier alpha value is -2.96. The maximum Gasteiger partial charge on any atom is 0.490 e. The SMILES string of the molecule is CCc1noc(C)c1C(=O)N1CCC(Cn2cc(C(C)(C)N)nn2)CC1.O=C(O)C(F)(F)F. The molecule has 0 aliphatic carbocycles. The average Bonchev–Trinajstić information content (AvgIpc) is 3.34. The van der Waals surface area contributed by atoms with Crippen LogP contribution in [0.15, 0.2) is 10.7 Å². The molecule has 0 bridgehead atoms. The summed E-state index contributed by atoms with van der Waals surface area (Å²) >= 11 is 0. The minimum Gasteiger partial charge on any atom is -0.475 e. The van der Waals surface area contributed by atoms with Crippen molar-refractivity contribution >= 4 is 11.9 Å². The van der Waals surface area contributed by atoms with Gasteiger partial charge in [-0.05, 0) is 46.0 Å². The maximum atomic E-state index is 12.8. The van der Waals surface area contributed by atoms with Crippen molar-refractivity contribution in [3.05, 3.63) is 28.9 Å². The van der Waals surface area contributed by atoms with Gasteiger partial charge in [-0.25, -0.2) is 4.79 Å². The molecule has 0 radical (unpaired) electrons. The summed E-state index contributed by atoms with van der Waals surface area (Å²) in [5.74, 6) is -1.64. The molecule has 0 unspecified atom stereocenters. The molecule has 3 heterocycles. The van der Waals surface area contributed by atoms with Gasteiger partial charge in [0.2, 0.25) is 0 Å². The van der Waals surface area contributed by atoms with Gasteiger partial charge in [0.1, 0.15) is 17.0 Å². The van der Waals surface area contributed by atoms with E-state index in [1.807, 2.05) is 36.5 Å². The fourth-order valence-corrected chi connectivity index (χ4v) is 3.36. The summed E-state index contributed by atoms with van der Waals surface area (Å²) in [6, 6.07) is 0. The fraction of sp³-hybridized carbons (Fsp3) is 0.650. The van der Waals surface area contributed by atoms with Gasteiger partial charge in [-0.15, -0.1) is 5.10 Å². The van der Waals surface area contributed by atoms with Crippen molar-refractivity contribution in [3.63, 3.8) is 0 Å². The molecule has 0 aromatic carbocycles. The molecule has 1 amide bonds. The lowest BCUT2D eigenvalue weighted by Gasteiger charge is -2.31. The molecule has 3 rings (SSSR count). The number of carboxylic acids is 1. The molecular weight excluding hydrogens is 445 g/mol. The summed E-state index contributed by atoms with van der Waals surface area (Å²) in [5, 5.41) is 19.5. The first-order valence-corrected chi connectivity index (χ1v) is 10.5. The van der Waals surface area contributed by atoms with Gasteiger partial charge in [0.05, 0.1) is 17.4 Å². The molecule has 2 aromatic rings. The predicted octanol–water partition coefficient (Wildman–Crippen LogP) is 2.52. The Bertz CT molecular complexity index is 956. The van der Waals surface area contributed by atoms with Crippen LogP contribution in [0.1, 0.15) is 61.1 Å². The van der Waals surface area contributed by atoms with Gasteiger partial charge >= 0.3 is 12.1 Å². The van der Waals surface area contributed by atoms with Crippen LogP contribution in [0.5, 0.6) is 0 Å². The summed E-state index contributed by atoms with van der Waals surface area (Å²) in [6.45, 7) is 9.90. The number of hydrogen-bond acceptors (Lipinski definition) is 7. The summed E-state index contributed by atoms with van der Waals surface area (Å²) in [7, 11) is 0. The summed E-state index contributed by atoms with van der Waals surface area (Å²) in [6.07, 6.45) is -0.579. The second-order valence-corrected chi connectivity index (χ2v) is 8.50. The molecule has 0 saturated carbocycles. The van der Waals surface area contributed by atoms with E-state index in [-0.39, 0.29) is 5.91 Å². The number of piperidine rings is 1. The second kappa shape index (κ2) is 10.3. The monoisotopic (exact) mass is 474 g/mol. The zero-order valence-corrected chi connectivity index (χ0v) is 19.0. The first-order valence-electron chi connectivity index (χ1n) is 10.5. The van der Waals surface area contributed by atoms with E-state index in [1.54, 1.807) is 6.92 Å². The number of carbonyl (C=O) groups excluding carboxylic acids is 1. The van der Waals surface area contributed by atoms with E-state index in [1.165, 1.54) is 0 Å². The lowest BCUT2D eigenvalue weighted by molar-refractivity contribution is -0.192. The number of carbonyl (C=O) groups is 2. The van der Waals surface area contributed by atoms with Gasteiger partial charge in [0.25, 0.3) is 5.91 Å². The molecule has 3 N–H and O–H groups in total. The highest BCUT2D eigenvalue weighted by Crippen LogP contribution is 2.24. The van der Waals surface area contributed by atoms with E-state index < -0.39 is 17.7 Å². The van der Waals surface area contributed by atoms with Crippen LogP contribution < -0.4 is 5.73 Å². The Balaban J connectivity index is 0.000000479. The largest absolute Gasteiger partial charge is 0.490 e. The molecule has 10 nitrogen and oxygen atoms in total. The van der Waals surface area contributed by atoms with E-state index in [0.717, 1.165) is 43.9 Å². The zero-order valence-electron chi connectivity index (χ0n) is 19.0. The number of amides is 1.